The van der Waals surface area contributed by atoms with Gasteiger partial charge in [-0.3, -0.25) is 0 Å². The fraction of sp³-hybridized carbons (Fsp3) is 0. The van der Waals surface area contributed by atoms with Gasteiger partial charge in [0.15, 0.2) is 0 Å². The number of hydrogen-bond acceptors (Lipinski definition) is 3. The first-order chi connectivity index (χ1) is 20.8. The third-order valence-electron chi connectivity index (χ3n) is 8.31. The van der Waals surface area contributed by atoms with Gasteiger partial charge in [0.25, 0.3) is 0 Å². The van der Waals surface area contributed by atoms with Crippen molar-refractivity contribution in [2.75, 3.05) is 0 Å². The molecule has 196 valence electrons. The largest absolute Gasteiger partial charge is 0.456 e. The van der Waals surface area contributed by atoms with E-state index in [-0.39, 0.29) is 0 Å². The van der Waals surface area contributed by atoms with E-state index in [1.165, 1.54) is 42.9 Å². The second-order valence-electron chi connectivity index (χ2n) is 10.7. The lowest BCUT2D eigenvalue weighted by Crippen LogP contribution is -1.91. The smallest absolute Gasteiger partial charge is 0.136 e. The number of aromatic nitrogens is 1. The van der Waals surface area contributed by atoms with Crippen molar-refractivity contribution in [2.45, 2.75) is 0 Å². The average molecular weight is 554 g/mol. The predicted octanol–water partition coefficient (Wildman–Crippen LogP) is 11.5. The Balaban J connectivity index is 1.26. The molecule has 0 saturated carbocycles. The summed E-state index contributed by atoms with van der Waals surface area (Å²) in [6.07, 6.45) is 0. The molecule has 2 heterocycles. The Morgan fingerprint density at radius 3 is 1.64 bits per heavy atom. The zero-order valence-corrected chi connectivity index (χ0v) is 23.4. The van der Waals surface area contributed by atoms with E-state index < -0.39 is 0 Å². The second-order valence-corrected chi connectivity index (χ2v) is 11.7. The highest BCUT2D eigenvalue weighted by molar-refractivity contribution is 7.21. The summed E-state index contributed by atoms with van der Waals surface area (Å²) in [6.45, 7) is 0. The van der Waals surface area contributed by atoms with Gasteiger partial charge in [0, 0.05) is 16.3 Å². The molecule has 2 aromatic heterocycles. The van der Waals surface area contributed by atoms with Gasteiger partial charge in [0.2, 0.25) is 0 Å². The van der Waals surface area contributed by atoms with E-state index >= 15 is 0 Å². The normalized spacial score (nSPS) is 11.8. The van der Waals surface area contributed by atoms with E-state index in [0.29, 0.717) is 0 Å². The third kappa shape index (κ3) is 3.54. The van der Waals surface area contributed by atoms with Crippen LogP contribution in [-0.4, -0.2) is 4.98 Å². The molecule has 0 unspecified atom stereocenters. The fourth-order valence-corrected chi connectivity index (χ4v) is 7.38. The first-order valence-corrected chi connectivity index (χ1v) is 14.9. The summed E-state index contributed by atoms with van der Waals surface area (Å²) >= 11 is 1.74. The summed E-state index contributed by atoms with van der Waals surface area (Å²) in [4.78, 5) is 4.88. The number of thiazole rings is 1. The van der Waals surface area contributed by atoms with Crippen LogP contribution in [-0.2, 0) is 0 Å². The van der Waals surface area contributed by atoms with Crippen molar-refractivity contribution in [1.29, 1.82) is 0 Å². The van der Waals surface area contributed by atoms with Crippen LogP contribution in [0.3, 0.4) is 0 Å². The SMILES string of the molecule is c1ccc2sc(-c3ccc(-c4c5ccccc5c(-c5ccc6c(c5)oc5ccccc56)c5ccccc45)cc3)nc2c1. The van der Waals surface area contributed by atoms with Crippen LogP contribution < -0.4 is 0 Å². The Morgan fingerprint density at radius 2 is 0.952 bits per heavy atom. The molecule has 0 aliphatic carbocycles. The van der Waals surface area contributed by atoms with Gasteiger partial charge in [0.05, 0.1) is 10.2 Å². The van der Waals surface area contributed by atoms with Crippen LogP contribution >= 0.6 is 11.3 Å². The van der Waals surface area contributed by atoms with Gasteiger partial charge in [-0.15, -0.1) is 11.3 Å². The second kappa shape index (κ2) is 9.13. The minimum absolute atomic E-state index is 0.913. The van der Waals surface area contributed by atoms with Gasteiger partial charge in [-0.2, -0.15) is 0 Å². The van der Waals surface area contributed by atoms with Crippen LogP contribution in [0.4, 0.5) is 0 Å². The number of nitrogens with zero attached hydrogens (tertiary/aromatic N) is 1. The summed E-state index contributed by atoms with van der Waals surface area (Å²) in [5, 5.41) is 8.29. The van der Waals surface area contributed by atoms with E-state index in [2.05, 4.69) is 121 Å². The molecule has 3 heteroatoms. The van der Waals surface area contributed by atoms with Crippen LogP contribution in [0.25, 0.3) is 86.5 Å². The molecule has 0 amide bonds. The maximum atomic E-state index is 6.29. The lowest BCUT2D eigenvalue weighted by molar-refractivity contribution is 0.669. The molecule has 0 fully saturated rings. The molecule has 0 aliphatic rings. The zero-order valence-electron chi connectivity index (χ0n) is 22.5. The maximum absolute atomic E-state index is 6.29. The monoisotopic (exact) mass is 553 g/mol. The van der Waals surface area contributed by atoms with Crippen molar-refractivity contribution in [3.05, 3.63) is 140 Å². The average Bonchev–Trinajstić information content (AvgIpc) is 3.65. The molecule has 9 rings (SSSR count). The van der Waals surface area contributed by atoms with Crippen molar-refractivity contribution in [2.24, 2.45) is 0 Å². The molecule has 0 bridgehead atoms. The predicted molar refractivity (Wildman–Crippen MR) is 178 cm³/mol. The zero-order chi connectivity index (χ0) is 27.6. The molecule has 0 saturated heterocycles. The first kappa shape index (κ1) is 23.5. The first-order valence-electron chi connectivity index (χ1n) is 14.1. The van der Waals surface area contributed by atoms with Crippen LogP contribution in [0, 0.1) is 0 Å². The minimum Gasteiger partial charge on any atom is -0.456 e. The van der Waals surface area contributed by atoms with Crippen LogP contribution in [0.15, 0.2) is 144 Å². The topological polar surface area (TPSA) is 26.0 Å². The van der Waals surface area contributed by atoms with Gasteiger partial charge in [0.1, 0.15) is 16.2 Å². The Morgan fingerprint density at radius 1 is 0.429 bits per heavy atom. The molecule has 0 spiro atoms. The molecule has 7 aromatic carbocycles. The summed E-state index contributed by atoms with van der Waals surface area (Å²) in [5.41, 5.74) is 8.88. The molecule has 0 N–H and O–H groups in total. The van der Waals surface area contributed by atoms with Crippen molar-refractivity contribution < 1.29 is 4.42 Å². The van der Waals surface area contributed by atoms with Gasteiger partial charge in [-0.05, 0) is 74.1 Å². The number of fused-ring (bicyclic) bond motifs is 6. The van der Waals surface area contributed by atoms with Crippen molar-refractivity contribution in [3.8, 4) is 32.8 Å². The fourth-order valence-electron chi connectivity index (χ4n) is 6.41. The number of hydrogen-bond donors (Lipinski definition) is 0. The third-order valence-corrected chi connectivity index (χ3v) is 9.40. The lowest BCUT2D eigenvalue weighted by Gasteiger charge is -2.17. The summed E-state index contributed by atoms with van der Waals surface area (Å²) in [5.74, 6) is 0. The van der Waals surface area contributed by atoms with Crippen LogP contribution in [0.1, 0.15) is 0 Å². The van der Waals surface area contributed by atoms with E-state index in [4.69, 9.17) is 9.40 Å². The highest BCUT2D eigenvalue weighted by Crippen LogP contribution is 2.45. The molecular formula is C39H23NOS. The Bertz CT molecular complexity index is 2370. The summed E-state index contributed by atoms with van der Waals surface area (Å²) in [6, 6.07) is 49.7. The minimum atomic E-state index is 0.913. The number of para-hydroxylation sites is 2. The molecular weight excluding hydrogens is 531 g/mol. The van der Waals surface area contributed by atoms with E-state index in [1.807, 2.05) is 18.2 Å². The number of rotatable bonds is 3. The van der Waals surface area contributed by atoms with Crippen molar-refractivity contribution >= 4 is 65.0 Å². The highest BCUT2D eigenvalue weighted by Gasteiger charge is 2.18. The molecule has 2 nitrogen and oxygen atoms in total. The Kier molecular flexibility index (Phi) is 5.10. The van der Waals surface area contributed by atoms with Gasteiger partial charge in [-0.25, -0.2) is 4.98 Å². The standard InChI is InChI=1S/C39H23NOS/c1-3-12-31-29(10-1)37(24-17-19-25(20-18-24)39-40-33-14-6-8-16-36(33)42-39)30-11-2-4-13-32(30)38(31)26-21-22-28-27-9-5-7-15-34(27)41-35(28)23-26/h1-23H. The highest BCUT2D eigenvalue weighted by atomic mass is 32.1. The van der Waals surface area contributed by atoms with E-state index in [0.717, 1.165) is 43.6 Å². The quantitative estimate of drug-likeness (QED) is 0.203. The number of furan rings is 1. The Hall–Kier alpha value is -5.25. The summed E-state index contributed by atoms with van der Waals surface area (Å²) < 4.78 is 7.51. The molecule has 0 radical (unpaired) electrons. The van der Waals surface area contributed by atoms with Gasteiger partial charge in [-0.1, -0.05) is 109 Å². The van der Waals surface area contributed by atoms with Crippen molar-refractivity contribution in [3.63, 3.8) is 0 Å². The lowest BCUT2D eigenvalue weighted by atomic mass is 9.85. The van der Waals surface area contributed by atoms with Crippen molar-refractivity contribution in [1.82, 2.24) is 4.98 Å². The molecule has 0 atom stereocenters. The van der Waals surface area contributed by atoms with E-state index in [9.17, 15) is 0 Å². The molecule has 0 aliphatic heterocycles. The van der Waals surface area contributed by atoms with Gasteiger partial charge >= 0.3 is 0 Å². The van der Waals surface area contributed by atoms with E-state index in [1.54, 1.807) is 11.3 Å². The number of benzene rings is 7. The van der Waals surface area contributed by atoms with Crippen LogP contribution in [0.2, 0.25) is 0 Å². The maximum Gasteiger partial charge on any atom is 0.136 e. The molecule has 9 aromatic rings. The Labute approximate surface area is 246 Å². The van der Waals surface area contributed by atoms with Gasteiger partial charge < -0.3 is 4.42 Å². The summed E-state index contributed by atoms with van der Waals surface area (Å²) in [7, 11) is 0. The molecule has 42 heavy (non-hydrogen) atoms. The van der Waals surface area contributed by atoms with Crippen LogP contribution in [0.5, 0.6) is 0 Å².